The van der Waals surface area contributed by atoms with E-state index in [9.17, 15) is 14.7 Å². The predicted octanol–water partition coefficient (Wildman–Crippen LogP) is 6.29. The number of benzene rings is 3. The van der Waals surface area contributed by atoms with Crippen molar-refractivity contribution in [1.29, 1.82) is 0 Å². The van der Waals surface area contributed by atoms with E-state index in [0.717, 1.165) is 16.7 Å². The van der Waals surface area contributed by atoms with Crippen molar-refractivity contribution in [1.82, 2.24) is 5.16 Å². The van der Waals surface area contributed by atoms with Gasteiger partial charge in [0, 0.05) is 22.4 Å². The molecule has 0 saturated carbocycles. The molecule has 2 N–H and O–H groups in total. The first-order valence-electron chi connectivity index (χ1n) is 11.1. The van der Waals surface area contributed by atoms with E-state index in [1.807, 2.05) is 50.2 Å². The number of carbonyl (C=O) groups is 1. The molecule has 5 aromatic rings. The van der Waals surface area contributed by atoms with Crippen molar-refractivity contribution in [2.45, 2.75) is 19.9 Å². The fourth-order valence-electron chi connectivity index (χ4n) is 4.29. The molecule has 1 unspecified atom stereocenters. The zero-order chi connectivity index (χ0) is 24.5. The van der Waals surface area contributed by atoms with Gasteiger partial charge in [-0.15, -0.1) is 0 Å². The van der Waals surface area contributed by atoms with E-state index in [4.69, 9.17) is 8.94 Å². The van der Waals surface area contributed by atoms with E-state index in [0.29, 0.717) is 33.5 Å². The van der Waals surface area contributed by atoms with Crippen molar-refractivity contribution in [3.8, 4) is 22.5 Å². The van der Waals surface area contributed by atoms with Crippen LogP contribution in [0.15, 0.2) is 92.9 Å². The van der Waals surface area contributed by atoms with Crippen LogP contribution in [0.1, 0.15) is 34.5 Å². The SMILES string of the molecule is Cc1cc(C(C)Nc2ccccc2C(=O)O)c2oc(-c3ccccc3)c(-c3cnoc3)c(=O)c2c1. The molecule has 35 heavy (non-hydrogen) atoms. The second-order valence-corrected chi connectivity index (χ2v) is 8.36. The van der Waals surface area contributed by atoms with Gasteiger partial charge in [0.2, 0.25) is 5.43 Å². The summed E-state index contributed by atoms with van der Waals surface area (Å²) in [5.41, 5.74) is 4.15. The number of nitrogens with zero attached hydrogens (tertiary/aromatic N) is 1. The van der Waals surface area contributed by atoms with Gasteiger partial charge in [0.1, 0.15) is 17.6 Å². The van der Waals surface area contributed by atoms with E-state index in [-0.39, 0.29) is 17.0 Å². The maximum Gasteiger partial charge on any atom is 0.337 e. The number of fused-ring (bicyclic) bond motifs is 1. The molecule has 2 heterocycles. The van der Waals surface area contributed by atoms with Crippen LogP contribution in [-0.2, 0) is 0 Å². The van der Waals surface area contributed by atoms with Gasteiger partial charge in [-0.2, -0.15) is 0 Å². The van der Waals surface area contributed by atoms with Gasteiger partial charge in [0.15, 0.2) is 0 Å². The van der Waals surface area contributed by atoms with Crippen LogP contribution in [0.2, 0.25) is 0 Å². The molecule has 0 aliphatic carbocycles. The highest BCUT2D eigenvalue weighted by atomic mass is 16.5. The number of carboxylic acids is 1. The summed E-state index contributed by atoms with van der Waals surface area (Å²) in [6, 6.07) is 19.5. The molecule has 0 bridgehead atoms. The third-order valence-electron chi connectivity index (χ3n) is 5.92. The highest BCUT2D eigenvalue weighted by Gasteiger charge is 2.23. The van der Waals surface area contributed by atoms with Crippen LogP contribution < -0.4 is 10.7 Å². The molecule has 1 atom stereocenters. The predicted molar refractivity (Wildman–Crippen MR) is 134 cm³/mol. The highest BCUT2D eigenvalue weighted by molar-refractivity contribution is 5.95. The lowest BCUT2D eigenvalue weighted by Gasteiger charge is -2.20. The minimum atomic E-state index is -1.02. The molecule has 0 radical (unpaired) electrons. The van der Waals surface area contributed by atoms with Crippen LogP contribution >= 0.6 is 0 Å². The molecule has 2 aromatic heterocycles. The van der Waals surface area contributed by atoms with E-state index in [2.05, 4.69) is 10.5 Å². The quantitative estimate of drug-likeness (QED) is 0.303. The number of aromatic carboxylic acids is 1. The first kappa shape index (κ1) is 22.2. The van der Waals surface area contributed by atoms with Crippen molar-refractivity contribution >= 4 is 22.6 Å². The number of carboxylic acid groups (broad SMARTS) is 1. The second kappa shape index (κ2) is 8.95. The first-order valence-corrected chi connectivity index (χ1v) is 11.1. The number of aromatic nitrogens is 1. The Morgan fingerprint density at radius 2 is 1.77 bits per heavy atom. The van der Waals surface area contributed by atoms with E-state index in [1.54, 1.807) is 30.3 Å². The minimum Gasteiger partial charge on any atom is -0.478 e. The molecule has 0 aliphatic rings. The summed E-state index contributed by atoms with van der Waals surface area (Å²) in [5.74, 6) is -0.611. The summed E-state index contributed by atoms with van der Waals surface area (Å²) in [6.07, 6.45) is 2.92. The Morgan fingerprint density at radius 3 is 2.49 bits per heavy atom. The Balaban J connectivity index is 1.74. The average Bonchev–Trinajstić information content (AvgIpc) is 3.39. The molecule has 0 amide bonds. The third-order valence-corrected chi connectivity index (χ3v) is 5.92. The van der Waals surface area contributed by atoms with Crippen LogP contribution in [0, 0.1) is 6.92 Å². The van der Waals surface area contributed by atoms with E-state index in [1.165, 1.54) is 12.5 Å². The van der Waals surface area contributed by atoms with E-state index >= 15 is 0 Å². The zero-order valence-electron chi connectivity index (χ0n) is 19.1. The first-order chi connectivity index (χ1) is 16.9. The molecule has 174 valence electrons. The lowest BCUT2D eigenvalue weighted by Crippen LogP contribution is -2.13. The second-order valence-electron chi connectivity index (χ2n) is 8.36. The number of hydrogen-bond acceptors (Lipinski definition) is 6. The molecule has 0 saturated heterocycles. The molecular formula is C28H22N2O5. The van der Waals surface area contributed by atoms with Gasteiger partial charge in [-0.1, -0.05) is 53.7 Å². The van der Waals surface area contributed by atoms with Gasteiger partial charge < -0.3 is 19.4 Å². The van der Waals surface area contributed by atoms with Crippen molar-refractivity contribution in [3.63, 3.8) is 0 Å². The Kier molecular flexibility index (Phi) is 5.66. The summed E-state index contributed by atoms with van der Waals surface area (Å²) in [6.45, 7) is 3.81. The Morgan fingerprint density at radius 1 is 1.03 bits per heavy atom. The lowest BCUT2D eigenvalue weighted by molar-refractivity contribution is 0.0698. The Bertz CT molecular complexity index is 1590. The topological polar surface area (TPSA) is 106 Å². The molecule has 5 rings (SSSR count). The van der Waals surface area contributed by atoms with Crippen LogP contribution in [0.4, 0.5) is 5.69 Å². The van der Waals surface area contributed by atoms with Crippen molar-refractivity contribution in [2.24, 2.45) is 0 Å². The van der Waals surface area contributed by atoms with Gasteiger partial charge in [-0.25, -0.2) is 4.79 Å². The number of rotatable bonds is 6. The van der Waals surface area contributed by atoms with Crippen molar-refractivity contribution < 1.29 is 18.8 Å². The van der Waals surface area contributed by atoms with Gasteiger partial charge in [0.25, 0.3) is 0 Å². The number of aryl methyl sites for hydroxylation is 1. The van der Waals surface area contributed by atoms with Crippen LogP contribution in [0.25, 0.3) is 33.4 Å². The van der Waals surface area contributed by atoms with Crippen LogP contribution in [-0.4, -0.2) is 16.2 Å². The smallest absolute Gasteiger partial charge is 0.337 e. The fraction of sp³-hybridized carbons (Fsp3) is 0.107. The normalized spacial score (nSPS) is 11.9. The maximum atomic E-state index is 13.8. The molecular weight excluding hydrogens is 444 g/mol. The standard InChI is InChI=1S/C28H22N2O5/c1-16-12-21(17(2)30-23-11-7-6-10-20(23)28(32)33)27-22(13-16)25(31)24(19-14-29-34-15-19)26(35-27)18-8-4-3-5-9-18/h3-15,17,30H,1-2H3,(H,32,33). The lowest BCUT2D eigenvalue weighted by atomic mass is 9.96. The van der Waals surface area contributed by atoms with Crippen LogP contribution in [0.5, 0.6) is 0 Å². The number of hydrogen-bond donors (Lipinski definition) is 2. The van der Waals surface area contributed by atoms with Crippen molar-refractivity contribution in [2.75, 3.05) is 5.32 Å². The number of para-hydroxylation sites is 1. The fourth-order valence-corrected chi connectivity index (χ4v) is 4.29. The largest absolute Gasteiger partial charge is 0.478 e. The number of anilines is 1. The zero-order valence-corrected chi connectivity index (χ0v) is 19.1. The monoisotopic (exact) mass is 466 g/mol. The van der Waals surface area contributed by atoms with E-state index < -0.39 is 5.97 Å². The molecule has 3 aromatic carbocycles. The molecule has 0 fully saturated rings. The number of nitrogens with one attached hydrogen (secondary N) is 1. The summed E-state index contributed by atoms with van der Waals surface area (Å²) in [7, 11) is 0. The summed E-state index contributed by atoms with van der Waals surface area (Å²) < 4.78 is 11.5. The molecule has 7 nitrogen and oxygen atoms in total. The van der Waals surface area contributed by atoms with Crippen molar-refractivity contribution in [3.05, 3.63) is 106 Å². The average molecular weight is 466 g/mol. The van der Waals surface area contributed by atoms with Gasteiger partial charge in [-0.3, -0.25) is 4.79 Å². The Hall–Kier alpha value is -4.65. The summed E-state index contributed by atoms with van der Waals surface area (Å²) in [5, 5.41) is 17.1. The molecule has 0 aliphatic heterocycles. The van der Waals surface area contributed by atoms with Gasteiger partial charge >= 0.3 is 5.97 Å². The molecule has 7 heteroatoms. The Labute approximate surface area is 200 Å². The maximum absolute atomic E-state index is 13.8. The van der Waals surface area contributed by atoms with Gasteiger partial charge in [-0.05, 0) is 37.6 Å². The summed E-state index contributed by atoms with van der Waals surface area (Å²) >= 11 is 0. The molecule has 0 spiro atoms. The summed E-state index contributed by atoms with van der Waals surface area (Å²) in [4.78, 5) is 25.5. The third kappa shape index (κ3) is 4.08. The van der Waals surface area contributed by atoms with Crippen LogP contribution in [0.3, 0.4) is 0 Å². The van der Waals surface area contributed by atoms with Gasteiger partial charge in [0.05, 0.1) is 28.8 Å². The minimum absolute atomic E-state index is 0.164. The highest BCUT2D eigenvalue weighted by Crippen LogP contribution is 2.36.